The van der Waals surface area contributed by atoms with Crippen molar-refractivity contribution in [2.24, 2.45) is 7.05 Å². The van der Waals surface area contributed by atoms with Crippen molar-refractivity contribution in [3.63, 3.8) is 0 Å². The number of nitrogens with one attached hydrogen (secondary N) is 1. The van der Waals surface area contributed by atoms with Crippen LogP contribution in [-0.4, -0.2) is 21.3 Å². The number of thiazole rings is 1. The van der Waals surface area contributed by atoms with E-state index in [4.69, 9.17) is 4.98 Å². The predicted molar refractivity (Wildman–Crippen MR) is 84.3 cm³/mol. The van der Waals surface area contributed by atoms with E-state index in [1.165, 1.54) is 16.1 Å². The van der Waals surface area contributed by atoms with Crippen LogP contribution < -0.4 is 5.32 Å². The lowest BCUT2D eigenvalue weighted by Gasteiger charge is -2.15. The molecule has 0 amide bonds. The molecule has 0 aliphatic rings. The van der Waals surface area contributed by atoms with Crippen LogP contribution in [0.2, 0.25) is 0 Å². The Morgan fingerprint density at radius 2 is 2.10 bits per heavy atom. The molecule has 0 fully saturated rings. The molecule has 2 aromatic heterocycles. The lowest BCUT2D eigenvalue weighted by molar-refractivity contribution is 0.592. The molecule has 2 heterocycles. The molecule has 110 valence electrons. The van der Waals surface area contributed by atoms with Crippen molar-refractivity contribution in [1.82, 2.24) is 20.1 Å². The number of nitrogens with zero attached hydrogens (tertiary/aromatic N) is 3. The van der Waals surface area contributed by atoms with E-state index in [0.29, 0.717) is 0 Å². The van der Waals surface area contributed by atoms with Crippen LogP contribution in [0.5, 0.6) is 0 Å². The summed E-state index contributed by atoms with van der Waals surface area (Å²) in [7, 11) is 1.97. The van der Waals surface area contributed by atoms with Gasteiger partial charge in [-0.15, -0.1) is 11.3 Å². The third-order valence-corrected chi connectivity index (χ3v) is 4.53. The van der Waals surface area contributed by atoms with E-state index in [1.807, 2.05) is 11.7 Å². The maximum atomic E-state index is 4.83. The Kier molecular flexibility index (Phi) is 4.94. The van der Waals surface area contributed by atoms with Crippen LogP contribution in [0.4, 0.5) is 0 Å². The highest BCUT2D eigenvalue weighted by atomic mass is 32.1. The predicted octanol–water partition coefficient (Wildman–Crippen LogP) is 3.14. The molecule has 0 aliphatic carbocycles. The van der Waals surface area contributed by atoms with Crippen LogP contribution in [0.1, 0.15) is 53.1 Å². The molecule has 0 saturated heterocycles. The van der Waals surface area contributed by atoms with Gasteiger partial charge < -0.3 is 5.32 Å². The second-order valence-electron chi connectivity index (χ2n) is 5.14. The molecule has 1 N–H and O–H groups in total. The van der Waals surface area contributed by atoms with E-state index in [9.17, 15) is 0 Å². The SMILES string of the molecule is CCCNC(c1nc(CC)c(C)s1)c1cn(C)nc1C. The van der Waals surface area contributed by atoms with E-state index in [-0.39, 0.29) is 6.04 Å². The average Bonchev–Trinajstić information content (AvgIpc) is 2.93. The second kappa shape index (κ2) is 6.50. The average molecular weight is 292 g/mol. The Bertz CT molecular complexity index is 570. The summed E-state index contributed by atoms with van der Waals surface area (Å²) in [4.78, 5) is 6.15. The molecule has 4 nitrogen and oxygen atoms in total. The summed E-state index contributed by atoms with van der Waals surface area (Å²) >= 11 is 1.80. The summed E-state index contributed by atoms with van der Waals surface area (Å²) in [5, 5.41) is 9.24. The Balaban J connectivity index is 2.38. The van der Waals surface area contributed by atoms with Crippen molar-refractivity contribution in [2.75, 3.05) is 6.54 Å². The van der Waals surface area contributed by atoms with E-state index in [1.54, 1.807) is 11.3 Å². The summed E-state index contributed by atoms with van der Waals surface area (Å²) in [6, 6.07) is 0.160. The lowest BCUT2D eigenvalue weighted by atomic mass is 10.1. The van der Waals surface area contributed by atoms with E-state index in [2.05, 4.69) is 44.3 Å². The third kappa shape index (κ3) is 3.10. The Labute approximate surface area is 125 Å². The van der Waals surface area contributed by atoms with Gasteiger partial charge in [-0.05, 0) is 33.2 Å². The Morgan fingerprint density at radius 1 is 1.35 bits per heavy atom. The molecule has 1 unspecified atom stereocenters. The first-order chi connectivity index (χ1) is 9.56. The van der Waals surface area contributed by atoms with E-state index in [0.717, 1.165) is 30.1 Å². The molecule has 20 heavy (non-hydrogen) atoms. The summed E-state index contributed by atoms with van der Waals surface area (Å²) < 4.78 is 1.88. The van der Waals surface area contributed by atoms with Gasteiger partial charge in [-0.2, -0.15) is 5.10 Å². The summed E-state index contributed by atoms with van der Waals surface area (Å²) in [6.45, 7) is 9.56. The number of aromatic nitrogens is 3. The number of aryl methyl sites for hydroxylation is 4. The summed E-state index contributed by atoms with van der Waals surface area (Å²) in [5.74, 6) is 0. The highest BCUT2D eigenvalue weighted by Gasteiger charge is 2.22. The molecule has 2 aromatic rings. The van der Waals surface area contributed by atoms with Crippen molar-refractivity contribution >= 4 is 11.3 Å². The highest BCUT2D eigenvalue weighted by Crippen LogP contribution is 2.29. The molecular weight excluding hydrogens is 268 g/mol. The first-order valence-corrected chi connectivity index (χ1v) is 8.08. The van der Waals surface area contributed by atoms with Gasteiger partial charge in [0.15, 0.2) is 0 Å². The molecule has 2 rings (SSSR count). The Hall–Kier alpha value is -1.20. The van der Waals surface area contributed by atoms with E-state index >= 15 is 0 Å². The van der Waals surface area contributed by atoms with Crippen molar-refractivity contribution in [3.8, 4) is 0 Å². The zero-order chi connectivity index (χ0) is 14.7. The highest BCUT2D eigenvalue weighted by molar-refractivity contribution is 7.11. The molecule has 5 heteroatoms. The summed E-state index contributed by atoms with van der Waals surface area (Å²) in [6.07, 6.45) is 4.21. The minimum absolute atomic E-state index is 0.160. The van der Waals surface area contributed by atoms with Gasteiger partial charge in [-0.1, -0.05) is 13.8 Å². The van der Waals surface area contributed by atoms with Gasteiger partial charge in [0.05, 0.1) is 17.4 Å². The number of rotatable bonds is 6. The number of hydrogen-bond donors (Lipinski definition) is 1. The Morgan fingerprint density at radius 3 is 2.60 bits per heavy atom. The molecule has 1 atom stereocenters. The van der Waals surface area contributed by atoms with Gasteiger partial charge in [0.2, 0.25) is 0 Å². The van der Waals surface area contributed by atoms with Gasteiger partial charge in [-0.3, -0.25) is 4.68 Å². The van der Waals surface area contributed by atoms with Crippen LogP contribution in [0, 0.1) is 13.8 Å². The monoisotopic (exact) mass is 292 g/mol. The topological polar surface area (TPSA) is 42.7 Å². The standard InChI is InChI=1S/C15H24N4S/c1-6-8-16-14(12-9-19(5)18-10(12)3)15-17-13(7-2)11(4)20-15/h9,14,16H,6-8H2,1-5H3. The van der Waals surface area contributed by atoms with Gasteiger partial charge in [0, 0.05) is 23.7 Å². The molecule has 0 bridgehead atoms. The fraction of sp³-hybridized carbons (Fsp3) is 0.600. The van der Waals surface area contributed by atoms with Crippen molar-refractivity contribution in [1.29, 1.82) is 0 Å². The summed E-state index contributed by atoms with van der Waals surface area (Å²) in [5.41, 5.74) is 3.53. The van der Waals surface area contributed by atoms with Gasteiger partial charge in [0.25, 0.3) is 0 Å². The van der Waals surface area contributed by atoms with E-state index < -0.39 is 0 Å². The zero-order valence-electron chi connectivity index (χ0n) is 13.0. The molecule has 0 aromatic carbocycles. The zero-order valence-corrected chi connectivity index (χ0v) is 13.8. The quantitative estimate of drug-likeness (QED) is 0.889. The first kappa shape index (κ1) is 15.2. The second-order valence-corrected chi connectivity index (χ2v) is 6.37. The molecule has 0 radical (unpaired) electrons. The molecule has 0 aliphatic heterocycles. The normalized spacial score (nSPS) is 12.8. The van der Waals surface area contributed by atoms with Gasteiger partial charge in [-0.25, -0.2) is 4.98 Å². The van der Waals surface area contributed by atoms with Crippen LogP contribution in [0.25, 0.3) is 0 Å². The minimum atomic E-state index is 0.160. The molecule has 0 spiro atoms. The third-order valence-electron chi connectivity index (χ3n) is 3.45. The molecule has 0 saturated carbocycles. The fourth-order valence-electron chi connectivity index (χ4n) is 2.42. The lowest BCUT2D eigenvalue weighted by Crippen LogP contribution is -2.23. The number of hydrogen-bond acceptors (Lipinski definition) is 4. The van der Waals surface area contributed by atoms with Crippen molar-refractivity contribution in [3.05, 3.63) is 33.0 Å². The van der Waals surface area contributed by atoms with Crippen LogP contribution in [0.3, 0.4) is 0 Å². The first-order valence-electron chi connectivity index (χ1n) is 7.26. The fourth-order valence-corrected chi connectivity index (χ4v) is 3.53. The maximum Gasteiger partial charge on any atom is 0.115 e. The van der Waals surface area contributed by atoms with Crippen LogP contribution in [0.15, 0.2) is 6.20 Å². The van der Waals surface area contributed by atoms with Gasteiger partial charge >= 0.3 is 0 Å². The minimum Gasteiger partial charge on any atom is -0.304 e. The van der Waals surface area contributed by atoms with Crippen LogP contribution in [-0.2, 0) is 13.5 Å². The van der Waals surface area contributed by atoms with Crippen LogP contribution >= 0.6 is 11.3 Å². The van der Waals surface area contributed by atoms with Gasteiger partial charge in [0.1, 0.15) is 5.01 Å². The van der Waals surface area contributed by atoms with Crippen molar-refractivity contribution in [2.45, 2.75) is 46.6 Å². The maximum absolute atomic E-state index is 4.83. The van der Waals surface area contributed by atoms with Crippen molar-refractivity contribution < 1.29 is 0 Å². The smallest absolute Gasteiger partial charge is 0.115 e. The molecular formula is C15H24N4S. The largest absolute Gasteiger partial charge is 0.304 e.